The summed E-state index contributed by atoms with van der Waals surface area (Å²) < 4.78 is 2.09. The molecule has 1 heterocycles. The van der Waals surface area contributed by atoms with E-state index in [1.54, 1.807) is 34.9 Å². The average molecular weight is 414 g/mol. The smallest absolute Gasteiger partial charge is 0.253 e. The number of H-pyrrole nitrogens is 1. The standard InChI is InChI=1S/C16H11Cl3N4OS/c17-9-2-1-3-11(6-9)23-14(21-22-16(23)25)8-20-15(24)12-7-10(18)4-5-13(12)19/h1-7H,8H2,(H,20,24)(H,22,25). The first-order valence-electron chi connectivity index (χ1n) is 7.11. The lowest BCUT2D eigenvalue weighted by molar-refractivity contribution is 0.0950. The minimum atomic E-state index is -0.362. The quantitative estimate of drug-likeness (QED) is 0.603. The fourth-order valence-corrected chi connectivity index (χ4v) is 3.07. The second kappa shape index (κ2) is 7.58. The van der Waals surface area contributed by atoms with Crippen molar-refractivity contribution < 1.29 is 4.79 Å². The van der Waals surface area contributed by atoms with Crippen LogP contribution in [0.1, 0.15) is 16.2 Å². The molecule has 2 aromatic carbocycles. The van der Waals surface area contributed by atoms with Crippen molar-refractivity contribution in [2.75, 3.05) is 0 Å². The van der Waals surface area contributed by atoms with Gasteiger partial charge in [-0.15, -0.1) is 0 Å². The highest BCUT2D eigenvalue weighted by molar-refractivity contribution is 7.71. The second-order valence-electron chi connectivity index (χ2n) is 5.07. The largest absolute Gasteiger partial charge is 0.345 e. The second-order valence-corrected chi connectivity index (χ2v) is 6.73. The van der Waals surface area contributed by atoms with E-state index in [4.69, 9.17) is 47.0 Å². The van der Waals surface area contributed by atoms with E-state index in [0.29, 0.717) is 25.7 Å². The van der Waals surface area contributed by atoms with Crippen LogP contribution in [0.15, 0.2) is 42.5 Å². The van der Waals surface area contributed by atoms with Crippen LogP contribution >= 0.6 is 47.0 Å². The molecule has 9 heteroatoms. The lowest BCUT2D eigenvalue weighted by Gasteiger charge is -2.09. The Bertz CT molecular complexity index is 999. The molecule has 3 rings (SSSR count). The van der Waals surface area contributed by atoms with Crippen LogP contribution in [0.2, 0.25) is 15.1 Å². The van der Waals surface area contributed by atoms with Gasteiger partial charge < -0.3 is 5.32 Å². The first-order chi connectivity index (χ1) is 12.0. The number of nitrogens with zero attached hydrogens (tertiary/aromatic N) is 2. The number of benzene rings is 2. The molecule has 0 saturated heterocycles. The van der Waals surface area contributed by atoms with E-state index < -0.39 is 0 Å². The molecule has 0 fully saturated rings. The SMILES string of the molecule is O=C(NCc1n[nH]c(=S)n1-c1cccc(Cl)c1)c1cc(Cl)ccc1Cl. The molecule has 0 aliphatic heterocycles. The minimum absolute atomic E-state index is 0.140. The molecule has 0 saturated carbocycles. The van der Waals surface area contributed by atoms with Crippen LogP contribution in [-0.4, -0.2) is 20.7 Å². The van der Waals surface area contributed by atoms with Crippen molar-refractivity contribution >= 4 is 52.9 Å². The zero-order valence-corrected chi connectivity index (χ0v) is 15.7. The van der Waals surface area contributed by atoms with Crippen molar-refractivity contribution in [1.82, 2.24) is 20.1 Å². The molecule has 3 aromatic rings. The van der Waals surface area contributed by atoms with E-state index in [1.807, 2.05) is 6.07 Å². The van der Waals surface area contributed by atoms with Crippen LogP contribution in [0.25, 0.3) is 5.69 Å². The Morgan fingerprint density at radius 1 is 1.16 bits per heavy atom. The number of carbonyl (C=O) groups excluding carboxylic acids is 1. The molecular weight excluding hydrogens is 403 g/mol. The van der Waals surface area contributed by atoms with Gasteiger partial charge in [-0.1, -0.05) is 40.9 Å². The zero-order chi connectivity index (χ0) is 18.0. The van der Waals surface area contributed by atoms with Gasteiger partial charge in [0, 0.05) is 10.0 Å². The number of hydrogen-bond donors (Lipinski definition) is 2. The fourth-order valence-electron chi connectivity index (χ4n) is 2.26. The van der Waals surface area contributed by atoms with Gasteiger partial charge in [0.25, 0.3) is 5.91 Å². The average Bonchev–Trinajstić information content (AvgIpc) is 2.95. The summed E-state index contributed by atoms with van der Waals surface area (Å²) in [7, 11) is 0. The van der Waals surface area contributed by atoms with Gasteiger partial charge in [0.05, 0.1) is 22.8 Å². The number of carbonyl (C=O) groups is 1. The third-order valence-electron chi connectivity index (χ3n) is 3.39. The zero-order valence-electron chi connectivity index (χ0n) is 12.6. The first-order valence-corrected chi connectivity index (χ1v) is 8.65. The summed E-state index contributed by atoms with van der Waals surface area (Å²) in [6.07, 6.45) is 0. The van der Waals surface area contributed by atoms with Crippen molar-refractivity contribution in [3.8, 4) is 5.69 Å². The molecule has 0 spiro atoms. The van der Waals surface area contributed by atoms with E-state index in [0.717, 1.165) is 5.69 Å². The third-order valence-corrected chi connectivity index (χ3v) is 4.46. The Morgan fingerprint density at radius 3 is 2.68 bits per heavy atom. The molecular formula is C16H11Cl3N4OS. The van der Waals surface area contributed by atoms with Crippen molar-refractivity contribution in [2.45, 2.75) is 6.54 Å². The molecule has 2 N–H and O–H groups in total. The Kier molecular flexibility index (Phi) is 5.44. The van der Waals surface area contributed by atoms with Gasteiger partial charge >= 0.3 is 0 Å². The molecule has 1 aromatic heterocycles. The van der Waals surface area contributed by atoms with Crippen LogP contribution in [0.3, 0.4) is 0 Å². The maximum Gasteiger partial charge on any atom is 0.253 e. The van der Waals surface area contributed by atoms with Crippen molar-refractivity contribution in [3.05, 3.63) is 73.7 Å². The Labute approximate surface area is 163 Å². The molecule has 5 nitrogen and oxygen atoms in total. The van der Waals surface area contributed by atoms with E-state index >= 15 is 0 Å². The normalized spacial score (nSPS) is 10.7. The number of nitrogens with one attached hydrogen (secondary N) is 2. The summed E-state index contributed by atoms with van der Waals surface area (Å²) in [6.45, 7) is 0.140. The highest BCUT2D eigenvalue weighted by Gasteiger charge is 2.14. The summed E-state index contributed by atoms with van der Waals surface area (Å²) >= 11 is 23.3. The third kappa shape index (κ3) is 4.04. The number of amides is 1. The predicted molar refractivity (Wildman–Crippen MR) is 101 cm³/mol. The summed E-state index contributed by atoms with van der Waals surface area (Å²) in [5.41, 5.74) is 1.04. The van der Waals surface area contributed by atoms with Gasteiger partial charge in [-0.05, 0) is 48.6 Å². The van der Waals surface area contributed by atoms with Crippen LogP contribution < -0.4 is 5.32 Å². The number of halogens is 3. The molecule has 0 bridgehead atoms. The van der Waals surface area contributed by atoms with E-state index in [9.17, 15) is 4.79 Å². The van der Waals surface area contributed by atoms with Crippen molar-refractivity contribution in [3.63, 3.8) is 0 Å². The van der Waals surface area contributed by atoms with Gasteiger partial charge in [0.2, 0.25) is 0 Å². The van der Waals surface area contributed by atoms with Gasteiger partial charge in [-0.3, -0.25) is 14.5 Å². The Balaban J connectivity index is 1.84. The molecule has 0 atom stereocenters. The molecule has 0 aliphatic carbocycles. The van der Waals surface area contributed by atoms with E-state index in [-0.39, 0.29) is 18.0 Å². The fraction of sp³-hybridized carbons (Fsp3) is 0.0625. The molecule has 25 heavy (non-hydrogen) atoms. The number of hydrogen-bond acceptors (Lipinski definition) is 3. The molecule has 1 amide bonds. The molecule has 0 aliphatic rings. The lowest BCUT2D eigenvalue weighted by Crippen LogP contribution is -2.25. The maximum absolute atomic E-state index is 12.4. The van der Waals surface area contributed by atoms with Gasteiger partial charge in [-0.25, -0.2) is 0 Å². The molecule has 0 unspecified atom stereocenters. The number of aromatic amines is 1. The first kappa shape index (κ1) is 17.9. The van der Waals surface area contributed by atoms with Crippen LogP contribution in [0.4, 0.5) is 0 Å². The van der Waals surface area contributed by atoms with E-state index in [2.05, 4.69) is 15.5 Å². The topological polar surface area (TPSA) is 62.7 Å². The van der Waals surface area contributed by atoms with Crippen LogP contribution in [0, 0.1) is 4.77 Å². The van der Waals surface area contributed by atoms with Gasteiger partial charge in [0.15, 0.2) is 10.6 Å². The Morgan fingerprint density at radius 2 is 1.92 bits per heavy atom. The highest BCUT2D eigenvalue weighted by atomic mass is 35.5. The number of aromatic nitrogens is 3. The van der Waals surface area contributed by atoms with E-state index in [1.165, 1.54) is 6.07 Å². The molecule has 0 radical (unpaired) electrons. The highest BCUT2D eigenvalue weighted by Crippen LogP contribution is 2.21. The van der Waals surface area contributed by atoms with Gasteiger partial charge in [0.1, 0.15) is 0 Å². The summed E-state index contributed by atoms with van der Waals surface area (Å²) in [5, 5.41) is 10.9. The maximum atomic E-state index is 12.4. The Hall–Kier alpha value is -1.86. The minimum Gasteiger partial charge on any atom is -0.345 e. The van der Waals surface area contributed by atoms with Crippen molar-refractivity contribution in [1.29, 1.82) is 0 Å². The van der Waals surface area contributed by atoms with Crippen LogP contribution in [-0.2, 0) is 6.54 Å². The predicted octanol–water partition coefficient (Wildman–Crippen LogP) is 4.82. The monoisotopic (exact) mass is 412 g/mol. The summed E-state index contributed by atoms with van der Waals surface area (Å²) in [4.78, 5) is 12.4. The number of rotatable bonds is 4. The van der Waals surface area contributed by atoms with Crippen molar-refractivity contribution in [2.24, 2.45) is 0 Å². The summed E-state index contributed by atoms with van der Waals surface area (Å²) in [6, 6.07) is 11.9. The van der Waals surface area contributed by atoms with Crippen LogP contribution in [0.5, 0.6) is 0 Å². The molecule has 128 valence electrons. The lowest BCUT2D eigenvalue weighted by atomic mass is 10.2. The van der Waals surface area contributed by atoms with Gasteiger partial charge in [-0.2, -0.15) is 5.10 Å². The summed E-state index contributed by atoms with van der Waals surface area (Å²) in [5.74, 6) is 0.165.